The van der Waals surface area contributed by atoms with Crippen LogP contribution in [0.15, 0.2) is 59.5 Å². The molecule has 0 radical (unpaired) electrons. The first-order valence-corrected chi connectivity index (χ1v) is 10.3. The monoisotopic (exact) mass is 431 g/mol. The molecule has 1 unspecified atom stereocenters. The summed E-state index contributed by atoms with van der Waals surface area (Å²) in [5.74, 6) is 0.673. The molecule has 1 aliphatic rings. The van der Waals surface area contributed by atoms with Gasteiger partial charge in [-0.15, -0.1) is 0 Å². The molecule has 0 saturated carbocycles. The number of carbonyl (C=O) groups excluding carboxylic acids is 1. The van der Waals surface area contributed by atoms with Gasteiger partial charge in [-0.25, -0.2) is 9.97 Å². The molecule has 10 heteroatoms. The molecule has 3 N–H and O–H groups in total. The number of amides is 1. The number of nitrogens with zero attached hydrogens (tertiary/aromatic N) is 4. The lowest BCUT2D eigenvalue weighted by molar-refractivity contribution is -0.138. The Hall–Kier alpha value is -3.89. The van der Waals surface area contributed by atoms with E-state index >= 15 is 0 Å². The normalized spacial score (nSPS) is 16.8. The molecule has 1 atom stereocenters. The molecule has 4 aromatic rings. The average Bonchev–Trinajstić information content (AvgIpc) is 2.82. The van der Waals surface area contributed by atoms with Crippen LogP contribution in [0.1, 0.15) is 5.82 Å². The number of ether oxygens (including phenoxy) is 1. The van der Waals surface area contributed by atoms with Gasteiger partial charge >= 0.3 is 0 Å². The van der Waals surface area contributed by atoms with Crippen LogP contribution in [0.2, 0.25) is 0 Å². The van der Waals surface area contributed by atoms with Gasteiger partial charge in [0, 0.05) is 13.1 Å². The number of nitrogens with one attached hydrogen (secondary N) is 3. The predicted molar refractivity (Wildman–Crippen MR) is 119 cm³/mol. The minimum atomic E-state index is -0.670. The Morgan fingerprint density at radius 1 is 1.09 bits per heavy atom. The zero-order valence-corrected chi connectivity index (χ0v) is 17.1. The van der Waals surface area contributed by atoms with Crippen molar-refractivity contribution in [3.8, 4) is 0 Å². The van der Waals surface area contributed by atoms with Gasteiger partial charge in [-0.05, 0) is 24.3 Å². The summed E-state index contributed by atoms with van der Waals surface area (Å²) in [6, 6.07) is 14.7. The molecule has 32 heavy (non-hydrogen) atoms. The number of benzene rings is 2. The van der Waals surface area contributed by atoms with E-state index in [-0.39, 0.29) is 11.5 Å². The van der Waals surface area contributed by atoms with Gasteiger partial charge in [0.05, 0.1) is 41.3 Å². The highest BCUT2D eigenvalue weighted by Crippen LogP contribution is 2.12. The van der Waals surface area contributed by atoms with Gasteiger partial charge in [0.2, 0.25) is 0 Å². The van der Waals surface area contributed by atoms with Crippen molar-refractivity contribution in [1.29, 1.82) is 0 Å². The summed E-state index contributed by atoms with van der Waals surface area (Å²) in [6.45, 7) is 1.81. The molecule has 1 amide bonds. The van der Waals surface area contributed by atoms with Gasteiger partial charge in [0.25, 0.3) is 11.5 Å². The Balaban J connectivity index is 1.21. The standard InChI is InChI=1S/C22H21N7O3/c30-21-14-5-1-2-6-15(14)24-20(26-21)13-29-9-10-32-18(12-29)22(31)28-27-19-11-23-16-7-3-4-8-17(16)25-19/h1-8,11,18H,9-10,12-13H2,(H,25,27)(H,28,31)(H,24,26,30). The molecule has 0 bridgehead atoms. The number of morpholine rings is 1. The fourth-order valence-electron chi connectivity index (χ4n) is 3.65. The molecule has 162 valence electrons. The van der Waals surface area contributed by atoms with E-state index in [9.17, 15) is 9.59 Å². The van der Waals surface area contributed by atoms with Crippen LogP contribution < -0.4 is 16.4 Å². The van der Waals surface area contributed by atoms with Crippen molar-refractivity contribution >= 4 is 33.7 Å². The van der Waals surface area contributed by atoms with Gasteiger partial charge < -0.3 is 9.72 Å². The first-order chi connectivity index (χ1) is 15.7. The molecular weight excluding hydrogens is 410 g/mol. The van der Waals surface area contributed by atoms with Crippen molar-refractivity contribution in [1.82, 2.24) is 30.3 Å². The van der Waals surface area contributed by atoms with Gasteiger partial charge in [0.1, 0.15) is 5.82 Å². The summed E-state index contributed by atoms with van der Waals surface area (Å²) in [5.41, 5.74) is 7.40. The zero-order valence-electron chi connectivity index (χ0n) is 17.1. The van der Waals surface area contributed by atoms with Crippen LogP contribution in [0.5, 0.6) is 0 Å². The quantitative estimate of drug-likeness (QED) is 0.403. The highest BCUT2D eigenvalue weighted by atomic mass is 16.5. The largest absolute Gasteiger partial charge is 0.366 e. The third-order valence-corrected chi connectivity index (χ3v) is 5.24. The van der Waals surface area contributed by atoms with Crippen LogP contribution in [-0.2, 0) is 16.1 Å². The molecule has 2 aromatic carbocycles. The van der Waals surface area contributed by atoms with Crippen LogP contribution in [0.25, 0.3) is 21.9 Å². The molecule has 10 nitrogen and oxygen atoms in total. The zero-order chi connectivity index (χ0) is 21.9. The lowest BCUT2D eigenvalue weighted by Gasteiger charge is -2.31. The molecular formula is C22H21N7O3. The number of hydrogen-bond acceptors (Lipinski definition) is 8. The Labute approximate surface area is 182 Å². The summed E-state index contributed by atoms with van der Waals surface area (Å²) >= 11 is 0. The summed E-state index contributed by atoms with van der Waals surface area (Å²) < 4.78 is 5.64. The number of rotatable bonds is 5. The predicted octanol–water partition coefficient (Wildman–Crippen LogP) is 1.21. The van der Waals surface area contributed by atoms with Crippen molar-refractivity contribution in [3.63, 3.8) is 0 Å². The summed E-state index contributed by atoms with van der Waals surface area (Å²) in [7, 11) is 0. The third-order valence-electron chi connectivity index (χ3n) is 5.24. The van der Waals surface area contributed by atoms with Crippen LogP contribution in [0, 0.1) is 0 Å². The fourth-order valence-corrected chi connectivity index (χ4v) is 3.65. The lowest BCUT2D eigenvalue weighted by Crippen LogP contribution is -2.50. The number of hydrogen-bond donors (Lipinski definition) is 3. The first kappa shape index (κ1) is 20.0. The number of anilines is 1. The molecule has 1 fully saturated rings. The van der Waals surface area contributed by atoms with Crippen molar-refractivity contribution < 1.29 is 9.53 Å². The van der Waals surface area contributed by atoms with E-state index in [1.165, 1.54) is 0 Å². The van der Waals surface area contributed by atoms with Gasteiger partial charge in [-0.1, -0.05) is 24.3 Å². The summed E-state index contributed by atoms with van der Waals surface area (Å²) in [4.78, 5) is 43.0. The number of H-pyrrole nitrogens is 1. The summed E-state index contributed by atoms with van der Waals surface area (Å²) in [5, 5.41) is 0.554. The fraction of sp³-hybridized carbons (Fsp3) is 0.227. The second-order valence-electron chi connectivity index (χ2n) is 7.48. The molecule has 3 heterocycles. The number of aromatic nitrogens is 4. The van der Waals surface area contributed by atoms with Gasteiger partial charge in [-0.3, -0.25) is 30.3 Å². The van der Waals surface area contributed by atoms with Crippen molar-refractivity contribution in [2.75, 3.05) is 25.1 Å². The molecule has 0 aliphatic carbocycles. The second-order valence-corrected chi connectivity index (χ2v) is 7.48. The molecule has 5 rings (SSSR count). The van der Waals surface area contributed by atoms with E-state index in [0.717, 1.165) is 11.0 Å². The molecule has 1 saturated heterocycles. The second kappa shape index (κ2) is 8.69. The van der Waals surface area contributed by atoms with Crippen LogP contribution in [-0.4, -0.2) is 56.5 Å². The third kappa shape index (κ3) is 4.27. The summed E-state index contributed by atoms with van der Waals surface area (Å²) in [6.07, 6.45) is 0.884. The smallest absolute Gasteiger partial charge is 0.268 e. The van der Waals surface area contributed by atoms with E-state index in [4.69, 9.17) is 4.74 Å². The Morgan fingerprint density at radius 2 is 1.88 bits per heavy atom. The van der Waals surface area contributed by atoms with Crippen molar-refractivity contribution in [2.45, 2.75) is 12.6 Å². The van der Waals surface area contributed by atoms with Crippen LogP contribution in [0.4, 0.5) is 5.82 Å². The Bertz CT molecular complexity index is 1340. The van der Waals surface area contributed by atoms with E-state index in [2.05, 4.69) is 30.8 Å². The molecule has 0 spiro atoms. The van der Waals surface area contributed by atoms with Crippen LogP contribution in [0.3, 0.4) is 0 Å². The molecule has 1 aliphatic heterocycles. The topological polar surface area (TPSA) is 125 Å². The maximum atomic E-state index is 12.6. The first-order valence-electron chi connectivity index (χ1n) is 10.3. The van der Waals surface area contributed by atoms with Gasteiger partial charge in [-0.2, -0.15) is 0 Å². The van der Waals surface area contributed by atoms with E-state index in [1.807, 2.05) is 47.4 Å². The number of aromatic amines is 1. The van der Waals surface area contributed by atoms with Crippen molar-refractivity contribution in [2.24, 2.45) is 0 Å². The Morgan fingerprint density at radius 3 is 2.75 bits per heavy atom. The number of para-hydroxylation sites is 3. The average molecular weight is 431 g/mol. The highest BCUT2D eigenvalue weighted by molar-refractivity contribution is 5.82. The van der Waals surface area contributed by atoms with Gasteiger partial charge in [0.15, 0.2) is 11.9 Å². The number of fused-ring (bicyclic) bond motifs is 2. The Kier molecular flexibility index (Phi) is 5.44. The minimum Gasteiger partial charge on any atom is -0.366 e. The number of hydrazine groups is 1. The maximum Gasteiger partial charge on any atom is 0.268 e. The lowest BCUT2D eigenvalue weighted by atomic mass is 10.2. The number of carbonyl (C=O) groups is 1. The van der Waals surface area contributed by atoms with Crippen LogP contribution >= 0.6 is 0 Å². The maximum absolute atomic E-state index is 12.6. The minimum absolute atomic E-state index is 0.172. The van der Waals surface area contributed by atoms with E-state index < -0.39 is 6.10 Å². The van der Waals surface area contributed by atoms with Crippen molar-refractivity contribution in [3.05, 3.63) is 70.9 Å². The SMILES string of the molecule is O=C(NNc1cnc2ccccc2n1)C1CN(Cc2nc3ccccc3c(=O)[nH]2)CCO1. The highest BCUT2D eigenvalue weighted by Gasteiger charge is 2.27. The van der Waals surface area contributed by atoms with E-state index in [0.29, 0.717) is 48.8 Å². The molecule has 2 aromatic heterocycles. The van der Waals surface area contributed by atoms with E-state index in [1.54, 1.807) is 12.3 Å².